The van der Waals surface area contributed by atoms with E-state index in [1.807, 2.05) is 29.2 Å². The van der Waals surface area contributed by atoms with E-state index in [2.05, 4.69) is 58.4 Å². The fourth-order valence-corrected chi connectivity index (χ4v) is 3.42. The quantitative estimate of drug-likeness (QED) is 0.776. The molecule has 1 aromatic heterocycles. The molecule has 138 valence electrons. The molecule has 1 fully saturated rings. The Labute approximate surface area is 159 Å². The van der Waals surface area contributed by atoms with E-state index >= 15 is 0 Å². The third-order valence-corrected chi connectivity index (χ3v) is 5.06. The summed E-state index contributed by atoms with van der Waals surface area (Å²) in [6.45, 7) is 6.25. The molecule has 2 aromatic carbocycles. The maximum Gasteiger partial charge on any atom is 0.271 e. The van der Waals surface area contributed by atoms with E-state index in [1.165, 1.54) is 11.1 Å². The Bertz CT molecular complexity index is 894. The van der Waals surface area contributed by atoms with Crippen LogP contribution in [-0.2, 0) is 6.54 Å². The molecule has 2 heterocycles. The summed E-state index contributed by atoms with van der Waals surface area (Å²) in [6.07, 6.45) is 0. The number of carbonyl (C=O) groups excluding carboxylic acids is 1. The highest BCUT2D eigenvalue weighted by Gasteiger charge is 2.23. The number of amides is 1. The lowest BCUT2D eigenvalue weighted by atomic mass is 10.1. The lowest BCUT2D eigenvalue weighted by molar-refractivity contribution is 0.0622. The second-order valence-electron chi connectivity index (χ2n) is 7.09. The summed E-state index contributed by atoms with van der Waals surface area (Å²) in [5.74, 6) is 0.0280. The van der Waals surface area contributed by atoms with Gasteiger partial charge in [-0.15, -0.1) is 0 Å². The molecule has 1 N–H and O–H groups in total. The Morgan fingerprint density at radius 1 is 1.00 bits per heavy atom. The summed E-state index contributed by atoms with van der Waals surface area (Å²) in [6, 6.07) is 20.5. The van der Waals surface area contributed by atoms with Crippen molar-refractivity contribution in [3.05, 3.63) is 77.5 Å². The zero-order valence-corrected chi connectivity index (χ0v) is 15.6. The summed E-state index contributed by atoms with van der Waals surface area (Å²) in [7, 11) is 0. The van der Waals surface area contributed by atoms with Gasteiger partial charge in [0, 0.05) is 38.3 Å². The van der Waals surface area contributed by atoms with Crippen molar-refractivity contribution in [3.8, 4) is 11.3 Å². The monoisotopic (exact) mass is 360 g/mol. The molecule has 1 aliphatic heterocycles. The van der Waals surface area contributed by atoms with E-state index in [0.717, 1.165) is 44.0 Å². The van der Waals surface area contributed by atoms with E-state index < -0.39 is 0 Å². The van der Waals surface area contributed by atoms with Crippen LogP contribution in [0.15, 0.2) is 60.7 Å². The van der Waals surface area contributed by atoms with Crippen LogP contribution in [0.1, 0.15) is 21.6 Å². The zero-order chi connectivity index (χ0) is 18.6. The number of rotatable bonds is 4. The maximum atomic E-state index is 12.8. The Hall–Kier alpha value is -2.92. The second-order valence-corrected chi connectivity index (χ2v) is 7.09. The highest BCUT2D eigenvalue weighted by Crippen LogP contribution is 2.19. The molecule has 27 heavy (non-hydrogen) atoms. The van der Waals surface area contributed by atoms with Gasteiger partial charge in [0.05, 0.1) is 5.69 Å². The van der Waals surface area contributed by atoms with Crippen LogP contribution in [0.25, 0.3) is 11.3 Å². The number of carbonyl (C=O) groups is 1. The number of hydrogen-bond donors (Lipinski definition) is 1. The summed E-state index contributed by atoms with van der Waals surface area (Å²) >= 11 is 0. The first-order chi connectivity index (χ1) is 13.2. The zero-order valence-electron chi connectivity index (χ0n) is 15.6. The highest BCUT2D eigenvalue weighted by atomic mass is 16.2. The van der Waals surface area contributed by atoms with Crippen molar-refractivity contribution in [1.82, 2.24) is 20.0 Å². The Morgan fingerprint density at radius 3 is 2.41 bits per heavy atom. The number of piperazine rings is 1. The van der Waals surface area contributed by atoms with Crippen molar-refractivity contribution in [2.45, 2.75) is 13.5 Å². The molecular weight excluding hydrogens is 336 g/mol. The molecule has 0 atom stereocenters. The fraction of sp³-hybridized carbons (Fsp3) is 0.273. The summed E-state index contributed by atoms with van der Waals surface area (Å²) in [5.41, 5.74) is 4.90. The largest absolute Gasteiger partial charge is 0.335 e. The van der Waals surface area contributed by atoms with E-state index in [1.54, 1.807) is 0 Å². The van der Waals surface area contributed by atoms with Crippen LogP contribution < -0.4 is 0 Å². The van der Waals surface area contributed by atoms with Crippen molar-refractivity contribution in [2.24, 2.45) is 0 Å². The van der Waals surface area contributed by atoms with E-state index in [-0.39, 0.29) is 5.91 Å². The van der Waals surface area contributed by atoms with Gasteiger partial charge < -0.3 is 4.90 Å². The van der Waals surface area contributed by atoms with Crippen LogP contribution in [-0.4, -0.2) is 52.1 Å². The minimum atomic E-state index is 0.0280. The number of H-pyrrole nitrogens is 1. The van der Waals surface area contributed by atoms with E-state index in [4.69, 9.17) is 0 Å². The minimum absolute atomic E-state index is 0.0280. The average Bonchev–Trinajstić information content (AvgIpc) is 3.20. The normalized spacial score (nSPS) is 15.1. The Kier molecular flexibility index (Phi) is 5.03. The number of aromatic amines is 1. The van der Waals surface area contributed by atoms with Crippen molar-refractivity contribution in [3.63, 3.8) is 0 Å². The molecule has 1 aliphatic rings. The number of aromatic nitrogens is 2. The lowest BCUT2D eigenvalue weighted by Crippen LogP contribution is -2.48. The number of hydrogen-bond acceptors (Lipinski definition) is 3. The molecule has 0 bridgehead atoms. The molecule has 5 nitrogen and oxygen atoms in total. The molecule has 4 rings (SSSR count). The van der Waals surface area contributed by atoms with Gasteiger partial charge in [-0.1, -0.05) is 60.2 Å². The van der Waals surface area contributed by atoms with Crippen LogP contribution in [0.2, 0.25) is 0 Å². The molecule has 3 aromatic rings. The molecular formula is C22H24N4O. The first-order valence-corrected chi connectivity index (χ1v) is 9.37. The van der Waals surface area contributed by atoms with Gasteiger partial charge in [0.2, 0.25) is 0 Å². The van der Waals surface area contributed by atoms with Crippen LogP contribution in [0.4, 0.5) is 0 Å². The smallest absolute Gasteiger partial charge is 0.271 e. The van der Waals surface area contributed by atoms with E-state index in [0.29, 0.717) is 5.69 Å². The predicted molar refractivity (Wildman–Crippen MR) is 106 cm³/mol. The second kappa shape index (κ2) is 7.76. The van der Waals surface area contributed by atoms with Crippen LogP contribution in [0.5, 0.6) is 0 Å². The van der Waals surface area contributed by atoms with Gasteiger partial charge in [-0.25, -0.2) is 0 Å². The third-order valence-electron chi connectivity index (χ3n) is 5.06. The van der Waals surface area contributed by atoms with Crippen molar-refractivity contribution >= 4 is 5.91 Å². The average molecular weight is 360 g/mol. The summed E-state index contributed by atoms with van der Waals surface area (Å²) in [4.78, 5) is 17.1. The standard InChI is InChI=1S/C22H24N4O/c1-17-7-9-19(10-8-17)20-15-21(24-23-20)22(27)26-13-11-25(12-14-26)16-18-5-3-2-4-6-18/h2-10,15H,11-14,16H2,1H3,(H,23,24). The highest BCUT2D eigenvalue weighted by molar-refractivity contribution is 5.93. The minimum Gasteiger partial charge on any atom is -0.335 e. The van der Waals surface area contributed by atoms with Gasteiger partial charge in [0.1, 0.15) is 5.69 Å². The van der Waals surface area contributed by atoms with Gasteiger partial charge in [-0.05, 0) is 18.6 Å². The molecule has 0 spiro atoms. The lowest BCUT2D eigenvalue weighted by Gasteiger charge is -2.34. The first kappa shape index (κ1) is 17.5. The Balaban J connectivity index is 1.36. The number of aryl methyl sites for hydroxylation is 1. The number of nitrogens with zero attached hydrogens (tertiary/aromatic N) is 3. The molecule has 0 radical (unpaired) electrons. The van der Waals surface area contributed by atoms with Crippen LogP contribution in [0.3, 0.4) is 0 Å². The number of benzene rings is 2. The van der Waals surface area contributed by atoms with Crippen molar-refractivity contribution < 1.29 is 4.79 Å². The summed E-state index contributed by atoms with van der Waals surface area (Å²) in [5, 5.41) is 7.23. The third kappa shape index (κ3) is 4.09. The maximum absolute atomic E-state index is 12.8. The number of nitrogens with one attached hydrogen (secondary N) is 1. The van der Waals surface area contributed by atoms with Crippen molar-refractivity contribution in [2.75, 3.05) is 26.2 Å². The van der Waals surface area contributed by atoms with Gasteiger partial charge in [0.25, 0.3) is 5.91 Å². The molecule has 1 amide bonds. The first-order valence-electron chi connectivity index (χ1n) is 9.37. The van der Waals surface area contributed by atoms with Gasteiger partial charge in [-0.3, -0.25) is 14.8 Å². The topological polar surface area (TPSA) is 52.2 Å². The molecule has 0 aliphatic carbocycles. The Morgan fingerprint density at radius 2 is 1.70 bits per heavy atom. The van der Waals surface area contributed by atoms with Crippen LogP contribution in [0, 0.1) is 6.92 Å². The van der Waals surface area contributed by atoms with E-state index in [9.17, 15) is 4.79 Å². The van der Waals surface area contributed by atoms with Crippen molar-refractivity contribution in [1.29, 1.82) is 0 Å². The molecule has 5 heteroatoms. The molecule has 0 saturated carbocycles. The van der Waals surface area contributed by atoms with Gasteiger partial charge in [-0.2, -0.15) is 5.10 Å². The van der Waals surface area contributed by atoms with Gasteiger partial charge >= 0.3 is 0 Å². The summed E-state index contributed by atoms with van der Waals surface area (Å²) < 4.78 is 0. The fourth-order valence-electron chi connectivity index (χ4n) is 3.42. The molecule has 1 saturated heterocycles. The molecule has 0 unspecified atom stereocenters. The SMILES string of the molecule is Cc1ccc(-c2cc(C(=O)N3CCN(Cc4ccccc4)CC3)[nH]n2)cc1. The van der Waals surface area contributed by atoms with Crippen LogP contribution >= 0.6 is 0 Å². The van der Waals surface area contributed by atoms with Gasteiger partial charge in [0.15, 0.2) is 0 Å². The predicted octanol–water partition coefficient (Wildman–Crippen LogP) is 3.34.